The molecule has 1 aromatic carbocycles. The lowest BCUT2D eigenvalue weighted by Crippen LogP contribution is -2.16. The predicted octanol–water partition coefficient (Wildman–Crippen LogP) is 4.29. The summed E-state index contributed by atoms with van der Waals surface area (Å²) in [5.74, 6) is -1.07. The van der Waals surface area contributed by atoms with Crippen molar-refractivity contribution in [3.05, 3.63) is 51.4 Å². The van der Waals surface area contributed by atoms with E-state index in [1.54, 1.807) is 38.1 Å². The number of benzene rings is 1. The van der Waals surface area contributed by atoms with Gasteiger partial charge in [-0.15, -0.1) is 11.3 Å². The van der Waals surface area contributed by atoms with Crippen LogP contribution >= 0.6 is 11.3 Å². The molecular weight excluding hydrogens is 456 g/mol. The quantitative estimate of drug-likeness (QED) is 0.322. The third kappa shape index (κ3) is 6.23. The molecule has 0 aliphatic heterocycles. The molecule has 9 heteroatoms. The average molecular weight is 483 g/mol. The number of hydrogen-bond acceptors (Lipinski definition) is 8. The van der Waals surface area contributed by atoms with Gasteiger partial charge in [0.25, 0.3) is 5.91 Å². The molecule has 0 fully saturated rings. The van der Waals surface area contributed by atoms with Crippen molar-refractivity contribution in [1.29, 1.82) is 5.26 Å². The lowest BCUT2D eigenvalue weighted by molar-refractivity contribution is -0.145. The molecule has 1 amide bonds. The van der Waals surface area contributed by atoms with E-state index in [-0.39, 0.29) is 25.4 Å². The lowest BCUT2D eigenvalue weighted by Gasteiger charge is -2.12. The molecule has 0 saturated heterocycles. The van der Waals surface area contributed by atoms with Crippen LogP contribution in [0.1, 0.15) is 53.1 Å². The van der Waals surface area contributed by atoms with Gasteiger partial charge >= 0.3 is 11.9 Å². The van der Waals surface area contributed by atoms with E-state index >= 15 is 0 Å². The molecule has 0 saturated carbocycles. The highest BCUT2D eigenvalue weighted by molar-refractivity contribution is 7.17. The maximum absolute atomic E-state index is 12.9. The lowest BCUT2D eigenvalue weighted by atomic mass is 9.95. The van der Waals surface area contributed by atoms with Crippen LogP contribution in [0.25, 0.3) is 6.08 Å². The van der Waals surface area contributed by atoms with Crippen molar-refractivity contribution in [1.82, 2.24) is 0 Å². The number of nitriles is 1. The van der Waals surface area contributed by atoms with E-state index in [2.05, 4.69) is 5.32 Å². The summed E-state index contributed by atoms with van der Waals surface area (Å²) in [7, 11) is 0. The van der Waals surface area contributed by atoms with Crippen LogP contribution in [-0.2, 0) is 31.9 Å². The number of rotatable bonds is 9. The number of anilines is 1. The van der Waals surface area contributed by atoms with Gasteiger partial charge < -0.3 is 19.5 Å². The predicted molar refractivity (Wildman–Crippen MR) is 128 cm³/mol. The van der Waals surface area contributed by atoms with E-state index in [9.17, 15) is 19.6 Å². The minimum Gasteiger partial charge on any atom is -0.482 e. The fraction of sp³-hybridized carbons (Fsp3) is 0.360. The molecule has 8 nitrogen and oxygen atoms in total. The Morgan fingerprint density at radius 1 is 1.09 bits per heavy atom. The molecule has 0 atom stereocenters. The molecule has 0 unspecified atom stereocenters. The van der Waals surface area contributed by atoms with E-state index in [0.29, 0.717) is 21.9 Å². The van der Waals surface area contributed by atoms with E-state index < -0.39 is 17.8 Å². The van der Waals surface area contributed by atoms with Crippen molar-refractivity contribution in [2.45, 2.75) is 39.5 Å². The normalized spacial score (nSPS) is 12.8. The fourth-order valence-corrected chi connectivity index (χ4v) is 4.84. The van der Waals surface area contributed by atoms with Crippen molar-refractivity contribution in [3.8, 4) is 11.8 Å². The minimum atomic E-state index is -0.603. The van der Waals surface area contributed by atoms with Gasteiger partial charge in [0.05, 0.1) is 18.8 Å². The maximum atomic E-state index is 12.9. The molecule has 0 radical (unpaired) electrons. The Kier molecular flexibility index (Phi) is 8.82. The topological polar surface area (TPSA) is 115 Å². The number of amides is 1. The van der Waals surface area contributed by atoms with Crippen LogP contribution in [0.5, 0.6) is 5.75 Å². The Bertz CT molecular complexity index is 1130. The van der Waals surface area contributed by atoms with Crippen molar-refractivity contribution in [2.24, 2.45) is 0 Å². The number of carbonyl (C=O) groups is 3. The monoisotopic (exact) mass is 482 g/mol. The molecule has 1 N–H and O–H groups in total. The minimum absolute atomic E-state index is 0.110. The molecule has 0 spiro atoms. The zero-order chi connectivity index (χ0) is 24.5. The number of nitrogens with one attached hydrogen (secondary N) is 1. The first-order valence-electron chi connectivity index (χ1n) is 11.1. The van der Waals surface area contributed by atoms with Crippen LogP contribution in [-0.4, -0.2) is 37.7 Å². The Hall–Kier alpha value is -3.64. The summed E-state index contributed by atoms with van der Waals surface area (Å²) in [4.78, 5) is 37.9. The second kappa shape index (κ2) is 12.0. The molecule has 1 aliphatic carbocycles. The van der Waals surface area contributed by atoms with Gasteiger partial charge in [0.1, 0.15) is 22.4 Å². The van der Waals surface area contributed by atoms with E-state index in [1.165, 1.54) is 17.4 Å². The van der Waals surface area contributed by atoms with Gasteiger partial charge in [0, 0.05) is 4.88 Å². The second-order valence-corrected chi connectivity index (χ2v) is 8.53. The number of thiophene rings is 1. The van der Waals surface area contributed by atoms with Gasteiger partial charge in [-0.3, -0.25) is 4.79 Å². The SMILES string of the molecule is CCOC(=O)COc1ccc(C=C(C#N)C(=O)Nc2sc3c(c2C(=O)OCC)CCCC3)cc1. The number of ether oxygens (including phenoxy) is 3. The van der Waals surface area contributed by atoms with Crippen molar-refractivity contribution in [2.75, 3.05) is 25.1 Å². The van der Waals surface area contributed by atoms with Crippen LogP contribution in [0, 0.1) is 11.3 Å². The number of hydrogen-bond donors (Lipinski definition) is 1. The molecule has 3 rings (SSSR count). The second-order valence-electron chi connectivity index (χ2n) is 7.42. The fourth-order valence-electron chi connectivity index (χ4n) is 3.56. The highest BCUT2D eigenvalue weighted by Crippen LogP contribution is 2.38. The van der Waals surface area contributed by atoms with E-state index in [0.717, 1.165) is 36.1 Å². The zero-order valence-corrected chi connectivity index (χ0v) is 20.0. The molecule has 34 heavy (non-hydrogen) atoms. The van der Waals surface area contributed by atoms with Crippen molar-refractivity contribution >= 4 is 40.3 Å². The third-order valence-electron chi connectivity index (χ3n) is 5.10. The molecule has 178 valence electrons. The van der Waals surface area contributed by atoms with Crippen LogP contribution in [0.15, 0.2) is 29.8 Å². The van der Waals surface area contributed by atoms with Crippen LogP contribution in [0.4, 0.5) is 5.00 Å². The van der Waals surface area contributed by atoms with Crippen LogP contribution in [0.2, 0.25) is 0 Å². The molecule has 0 bridgehead atoms. The van der Waals surface area contributed by atoms with Crippen molar-refractivity contribution in [3.63, 3.8) is 0 Å². The zero-order valence-electron chi connectivity index (χ0n) is 19.1. The molecule has 2 aromatic rings. The summed E-state index contributed by atoms with van der Waals surface area (Å²) in [5.41, 5.74) is 1.83. The molecule has 1 aromatic heterocycles. The smallest absolute Gasteiger partial charge is 0.344 e. The van der Waals surface area contributed by atoms with E-state index in [1.807, 2.05) is 6.07 Å². The van der Waals surface area contributed by atoms with Gasteiger partial charge in [-0.25, -0.2) is 9.59 Å². The van der Waals surface area contributed by atoms with Crippen molar-refractivity contribution < 1.29 is 28.6 Å². The Labute approximate surface area is 202 Å². The van der Waals surface area contributed by atoms with E-state index in [4.69, 9.17) is 14.2 Å². The molecule has 1 heterocycles. The largest absolute Gasteiger partial charge is 0.482 e. The number of aryl methyl sites for hydroxylation is 1. The van der Waals surface area contributed by atoms with Crippen LogP contribution < -0.4 is 10.1 Å². The first-order valence-corrected chi connectivity index (χ1v) is 11.9. The van der Waals surface area contributed by atoms with Gasteiger partial charge in [0.2, 0.25) is 0 Å². The third-order valence-corrected chi connectivity index (χ3v) is 6.30. The van der Waals surface area contributed by atoms with Crippen LogP contribution in [0.3, 0.4) is 0 Å². The molecular formula is C25H26N2O6S. The Morgan fingerprint density at radius 3 is 2.47 bits per heavy atom. The summed E-state index contributed by atoms with van der Waals surface area (Å²) < 4.78 is 15.4. The summed E-state index contributed by atoms with van der Waals surface area (Å²) >= 11 is 1.37. The Morgan fingerprint density at radius 2 is 1.79 bits per heavy atom. The number of esters is 2. The number of nitrogens with zero attached hydrogens (tertiary/aromatic N) is 1. The number of fused-ring (bicyclic) bond motifs is 1. The highest BCUT2D eigenvalue weighted by atomic mass is 32.1. The highest BCUT2D eigenvalue weighted by Gasteiger charge is 2.27. The molecule has 1 aliphatic rings. The maximum Gasteiger partial charge on any atom is 0.344 e. The van der Waals surface area contributed by atoms with Gasteiger partial charge in [0.15, 0.2) is 6.61 Å². The standard InChI is InChI=1S/C25H26N2O6S/c1-3-31-21(28)15-33-18-11-9-16(10-12-18)13-17(14-26)23(29)27-24-22(25(30)32-4-2)19-7-5-6-8-20(19)34-24/h9-13H,3-8,15H2,1-2H3,(H,27,29). The summed E-state index contributed by atoms with van der Waals surface area (Å²) in [6, 6.07) is 8.51. The van der Waals surface area contributed by atoms with Gasteiger partial charge in [-0.2, -0.15) is 5.26 Å². The summed E-state index contributed by atoms with van der Waals surface area (Å²) in [5, 5.41) is 12.7. The Balaban J connectivity index is 1.75. The number of carbonyl (C=O) groups excluding carboxylic acids is 3. The average Bonchev–Trinajstić information content (AvgIpc) is 3.20. The van der Waals surface area contributed by atoms with Gasteiger partial charge in [-0.1, -0.05) is 12.1 Å². The summed E-state index contributed by atoms with van der Waals surface area (Å²) in [6.45, 7) is 3.76. The van der Waals surface area contributed by atoms with Gasteiger partial charge in [-0.05, 0) is 68.9 Å². The first-order chi connectivity index (χ1) is 16.5. The first kappa shape index (κ1) is 25.0. The summed E-state index contributed by atoms with van der Waals surface area (Å²) in [6.07, 6.45) is 5.08.